The van der Waals surface area contributed by atoms with E-state index >= 15 is 0 Å². The van der Waals surface area contributed by atoms with Crippen molar-refractivity contribution >= 4 is 92.9 Å². The number of aromatic nitrogens is 7. The summed E-state index contributed by atoms with van der Waals surface area (Å²) in [5.74, 6) is 1.67. The van der Waals surface area contributed by atoms with Crippen molar-refractivity contribution in [1.29, 1.82) is 0 Å². The Labute approximate surface area is 482 Å². The summed E-state index contributed by atoms with van der Waals surface area (Å²) >= 11 is 0. The molecule has 8 heteroatoms. The lowest BCUT2D eigenvalue weighted by Crippen LogP contribution is -2.02. The second kappa shape index (κ2) is 18.7. The van der Waals surface area contributed by atoms with Crippen molar-refractivity contribution in [3.05, 3.63) is 290 Å². The van der Waals surface area contributed by atoms with Gasteiger partial charge in [-0.3, -0.25) is 0 Å². The zero-order valence-electron chi connectivity index (χ0n) is 45.1. The Morgan fingerprint density at radius 2 is 0.583 bits per heavy atom. The first kappa shape index (κ1) is 47.2. The van der Waals surface area contributed by atoms with Crippen LogP contribution in [0.4, 0.5) is 5.69 Å². The first-order valence-electron chi connectivity index (χ1n) is 28.2. The van der Waals surface area contributed by atoms with Gasteiger partial charge >= 0.3 is 0 Å². The molecule has 12 aromatic carbocycles. The van der Waals surface area contributed by atoms with Crippen molar-refractivity contribution in [1.82, 2.24) is 33.2 Å². The molecule has 0 radical (unpaired) electrons. The number of nitrogens with zero attached hydrogens (tertiary/aromatic N) is 8. The quantitative estimate of drug-likeness (QED) is 0.142. The fourth-order valence-electron chi connectivity index (χ4n) is 13.1. The van der Waals surface area contributed by atoms with Crippen LogP contribution < -0.4 is 0 Å². The fourth-order valence-corrected chi connectivity index (χ4v) is 13.1. The maximum absolute atomic E-state index is 8.90. The monoisotopic (exact) mass is 1070 g/mol. The van der Waals surface area contributed by atoms with Gasteiger partial charge in [-0.05, 0) is 114 Å². The van der Waals surface area contributed by atoms with E-state index in [9.17, 15) is 0 Å². The molecule has 5 heterocycles. The minimum atomic E-state index is 0.520. The van der Waals surface area contributed by atoms with E-state index in [1.54, 1.807) is 0 Å². The van der Waals surface area contributed by atoms with E-state index in [4.69, 9.17) is 21.5 Å². The minimum Gasteiger partial charge on any atom is -0.309 e. The molecule has 84 heavy (non-hydrogen) atoms. The van der Waals surface area contributed by atoms with Crippen LogP contribution in [0, 0.1) is 6.57 Å². The third-order valence-corrected chi connectivity index (χ3v) is 16.8. The Bertz CT molecular complexity index is 5420. The van der Waals surface area contributed by atoms with Gasteiger partial charge in [0.25, 0.3) is 0 Å². The first-order chi connectivity index (χ1) is 41.6. The summed E-state index contributed by atoms with van der Waals surface area (Å²) in [6, 6.07) is 98.5. The highest BCUT2D eigenvalue weighted by Crippen LogP contribution is 2.45. The number of hydrogen-bond donors (Lipinski definition) is 0. The molecule has 0 aliphatic rings. The zero-order chi connectivity index (χ0) is 55.4. The van der Waals surface area contributed by atoms with Crippen molar-refractivity contribution in [3.63, 3.8) is 0 Å². The lowest BCUT2D eigenvalue weighted by Gasteiger charge is -2.18. The number of benzene rings is 12. The van der Waals surface area contributed by atoms with E-state index in [1.165, 1.54) is 21.5 Å². The van der Waals surface area contributed by atoms with E-state index < -0.39 is 0 Å². The fraction of sp³-hybridized carbons (Fsp3) is 0. The lowest BCUT2D eigenvalue weighted by molar-refractivity contribution is 1.07. The third-order valence-electron chi connectivity index (χ3n) is 16.8. The van der Waals surface area contributed by atoms with Gasteiger partial charge < -0.3 is 18.3 Å². The Kier molecular flexibility index (Phi) is 10.5. The molecule has 0 saturated carbocycles. The van der Waals surface area contributed by atoms with Gasteiger partial charge in [-0.1, -0.05) is 176 Å². The van der Waals surface area contributed by atoms with Crippen LogP contribution in [-0.2, 0) is 0 Å². The number of para-hydroxylation sites is 6. The summed E-state index contributed by atoms with van der Waals surface area (Å²) in [4.78, 5) is 19.8. The average molecular weight is 1070 g/mol. The van der Waals surface area contributed by atoms with Crippen LogP contribution in [0.3, 0.4) is 0 Å². The Balaban J connectivity index is 0.909. The minimum absolute atomic E-state index is 0.520. The predicted molar refractivity (Wildman–Crippen MR) is 345 cm³/mol. The van der Waals surface area contributed by atoms with Crippen molar-refractivity contribution in [2.75, 3.05) is 0 Å². The molecule has 0 unspecified atom stereocenters. The molecule has 0 saturated heterocycles. The molecule has 5 aromatic heterocycles. The molecule has 0 spiro atoms. The largest absolute Gasteiger partial charge is 0.309 e. The van der Waals surface area contributed by atoms with Crippen molar-refractivity contribution in [3.8, 4) is 68.0 Å². The van der Waals surface area contributed by atoms with Crippen LogP contribution in [0.2, 0.25) is 0 Å². The number of fused-ring (bicyclic) bond motifs is 12. The molecule has 0 aliphatic carbocycles. The van der Waals surface area contributed by atoms with E-state index in [1.807, 2.05) is 66.7 Å². The first-order valence-corrected chi connectivity index (χ1v) is 28.2. The molecule has 8 nitrogen and oxygen atoms in total. The van der Waals surface area contributed by atoms with Gasteiger partial charge in [0.15, 0.2) is 23.2 Å². The van der Waals surface area contributed by atoms with Crippen LogP contribution in [0.1, 0.15) is 0 Å². The summed E-state index contributed by atoms with van der Waals surface area (Å²) in [5, 5.41) is 9.38. The standard InChI is InChI=1S/C76H46N8/c1-77-64-40-37-51(83-69-34-18-12-28-58(69)62-46-52(38-42-71(62)83)81-65-30-14-8-24-54(65)55-25-9-15-31-66(55)81)45-60(64)61-44-50(76-79-74(48-20-4-2-5-21-48)78-75(80-76)49-22-6-3-7-23-49)36-41-72(61)84-70-35-19-13-29-59(70)63-47-53(39-43-73(63)84)82-67-32-16-10-26-56(67)57-27-11-17-33-68(57)82/h2-47H. The molecule has 390 valence electrons. The van der Waals surface area contributed by atoms with Crippen LogP contribution in [-0.4, -0.2) is 33.2 Å². The molecule has 17 aromatic rings. The molecular weight excluding hydrogens is 1020 g/mol. The summed E-state index contributed by atoms with van der Waals surface area (Å²) in [6.07, 6.45) is 0. The third kappa shape index (κ3) is 7.23. The predicted octanol–water partition coefficient (Wildman–Crippen LogP) is 19.5. The molecule has 17 rings (SSSR count). The summed E-state index contributed by atoms with van der Waals surface area (Å²) in [6.45, 7) is 8.90. The number of rotatable bonds is 8. The van der Waals surface area contributed by atoms with Gasteiger partial charge in [0, 0.05) is 76.8 Å². The van der Waals surface area contributed by atoms with Crippen LogP contribution in [0.5, 0.6) is 0 Å². The van der Waals surface area contributed by atoms with Gasteiger partial charge in [-0.2, -0.15) is 0 Å². The topological polar surface area (TPSA) is 62.8 Å². The SMILES string of the molecule is [C-]#[N+]c1ccc(-n2c3ccccc3c3cc(-n4c5ccccc5c5ccccc54)ccc32)cc1-c1cc(-c2nc(-c3ccccc3)nc(-c3ccccc3)n2)ccc1-n1c2ccccc2c2cc(-n3c4ccccc4c4ccccc43)ccc21. The lowest BCUT2D eigenvalue weighted by atomic mass is 9.97. The summed E-state index contributed by atoms with van der Waals surface area (Å²) in [5.41, 5.74) is 17.6. The molecule has 0 amide bonds. The highest BCUT2D eigenvalue weighted by atomic mass is 15.0. The van der Waals surface area contributed by atoms with Gasteiger partial charge in [0.2, 0.25) is 0 Å². The van der Waals surface area contributed by atoms with Crippen LogP contribution in [0.25, 0.3) is 160 Å². The second-order valence-corrected chi connectivity index (χ2v) is 21.4. The van der Waals surface area contributed by atoms with Gasteiger partial charge in [0.1, 0.15) is 0 Å². The molecule has 0 N–H and O–H groups in total. The van der Waals surface area contributed by atoms with Gasteiger partial charge in [-0.15, -0.1) is 0 Å². The van der Waals surface area contributed by atoms with Crippen LogP contribution >= 0.6 is 0 Å². The summed E-state index contributed by atoms with van der Waals surface area (Å²) in [7, 11) is 0. The number of hydrogen-bond acceptors (Lipinski definition) is 3. The highest BCUT2D eigenvalue weighted by Gasteiger charge is 2.24. The normalized spacial score (nSPS) is 11.8. The van der Waals surface area contributed by atoms with Crippen molar-refractivity contribution < 1.29 is 0 Å². The van der Waals surface area contributed by atoms with E-state index in [0.29, 0.717) is 23.2 Å². The second-order valence-electron chi connectivity index (χ2n) is 21.4. The van der Waals surface area contributed by atoms with E-state index in [-0.39, 0.29) is 0 Å². The van der Waals surface area contributed by atoms with E-state index in [2.05, 4.69) is 235 Å². The molecule has 0 bridgehead atoms. The maximum Gasteiger partial charge on any atom is 0.195 e. The Hall–Kier alpha value is -11.7. The molecule has 0 aliphatic heterocycles. The van der Waals surface area contributed by atoms with Gasteiger partial charge in [-0.25, -0.2) is 19.8 Å². The average Bonchev–Trinajstić information content (AvgIpc) is 3.54. The van der Waals surface area contributed by atoms with E-state index in [0.717, 1.165) is 116 Å². The smallest absolute Gasteiger partial charge is 0.195 e. The molecule has 0 fully saturated rings. The van der Waals surface area contributed by atoms with Gasteiger partial charge in [0.05, 0.1) is 56.4 Å². The zero-order valence-corrected chi connectivity index (χ0v) is 45.1. The molecule has 0 atom stereocenters. The van der Waals surface area contributed by atoms with Crippen molar-refractivity contribution in [2.24, 2.45) is 0 Å². The summed E-state index contributed by atoms with van der Waals surface area (Å²) < 4.78 is 9.48. The Morgan fingerprint density at radius 1 is 0.250 bits per heavy atom. The highest BCUT2D eigenvalue weighted by molar-refractivity contribution is 6.15. The van der Waals surface area contributed by atoms with Crippen LogP contribution in [0.15, 0.2) is 279 Å². The maximum atomic E-state index is 8.90. The Morgan fingerprint density at radius 3 is 1.01 bits per heavy atom. The van der Waals surface area contributed by atoms with Crippen molar-refractivity contribution in [2.45, 2.75) is 0 Å². The molecular formula is C76H46N8.